The van der Waals surface area contributed by atoms with Crippen LogP contribution in [0.5, 0.6) is 0 Å². The molecule has 1 aromatic carbocycles. The number of esters is 1. The van der Waals surface area contributed by atoms with Gasteiger partial charge >= 0.3 is 5.97 Å². The number of likely N-dealkylation sites (tertiary alicyclic amines) is 1. The number of rotatable bonds is 4. The Kier molecular flexibility index (Phi) is 4.95. The molecule has 1 fully saturated rings. The van der Waals surface area contributed by atoms with E-state index in [-0.39, 0.29) is 25.0 Å². The molecule has 1 aliphatic rings. The zero-order chi connectivity index (χ0) is 13.5. The van der Waals surface area contributed by atoms with Crippen LogP contribution < -0.4 is 0 Å². The lowest BCUT2D eigenvalue weighted by Crippen LogP contribution is -2.35. The Bertz CT molecular complexity index is 430. The Labute approximate surface area is 113 Å². The average molecular weight is 261 g/mol. The van der Waals surface area contributed by atoms with Gasteiger partial charge in [-0.2, -0.15) is 0 Å². The van der Waals surface area contributed by atoms with Gasteiger partial charge in [0.2, 0.25) is 5.91 Å². The van der Waals surface area contributed by atoms with E-state index in [1.54, 1.807) is 4.90 Å². The summed E-state index contributed by atoms with van der Waals surface area (Å²) in [6.07, 6.45) is 3.50. The Morgan fingerprint density at radius 1 is 1.16 bits per heavy atom. The highest BCUT2D eigenvalue weighted by Gasteiger charge is 2.19. The Balaban J connectivity index is 1.79. The molecule has 1 amide bonds. The maximum absolute atomic E-state index is 11.7. The van der Waals surface area contributed by atoms with Gasteiger partial charge in [0.15, 0.2) is 0 Å². The first-order chi connectivity index (χ1) is 9.25. The summed E-state index contributed by atoms with van der Waals surface area (Å²) in [5.74, 6) is -0.270. The first kappa shape index (κ1) is 13.6. The van der Waals surface area contributed by atoms with Crippen molar-refractivity contribution < 1.29 is 14.3 Å². The topological polar surface area (TPSA) is 46.6 Å². The number of carbonyl (C=O) groups is 2. The second kappa shape index (κ2) is 6.92. The summed E-state index contributed by atoms with van der Waals surface area (Å²) < 4.78 is 5.19. The van der Waals surface area contributed by atoms with Crippen molar-refractivity contribution in [1.29, 1.82) is 0 Å². The number of benzene rings is 1. The first-order valence-corrected chi connectivity index (χ1v) is 6.73. The summed E-state index contributed by atoms with van der Waals surface area (Å²) in [6.45, 7) is 1.01. The molecule has 1 saturated heterocycles. The maximum Gasteiger partial charge on any atom is 0.325 e. The van der Waals surface area contributed by atoms with Gasteiger partial charge in [0.25, 0.3) is 0 Å². The summed E-state index contributed by atoms with van der Waals surface area (Å²) in [5.41, 5.74) is 0.957. The standard InChI is InChI=1S/C15H19NO3/c17-14-9-5-2-6-10-16(14)11-15(18)19-12-13-7-3-1-4-8-13/h1,3-4,7-8H,2,5-6,9-12H2. The van der Waals surface area contributed by atoms with Crippen LogP contribution in [0.2, 0.25) is 0 Å². The second-order valence-corrected chi connectivity index (χ2v) is 4.77. The molecule has 0 unspecified atom stereocenters. The molecule has 0 aromatic heterocycles. The minimum Gasteiger partial charge on any atom is -0.459 e. The van der Waals surface area contributed by atoms with Crippen molar-refractivity contribution in [2.45, 2.75) is 32.3 Å². The van der Waals surface area contributed by atoms with Gasteiger partial charge in [-0.15, -0.1) is 0 Å². The quantitative estimate of drug-likeness (QED) is 0.780. The highest BCUT2D eigenvalue weighted by Crippen LogP contribution is 2.11. The second-order valence-electron chi connectivity index (χ2n) is 4.77. The molecule has 0 spiro atoms. The van der Waals surface area contributed by atoms with E-state index in [1.165, 1.54) is 0 Å². The van der Waals surface area contributed by atoms with Gasteiger partial charge in [-0.3, -0.25) is 9.59 Å². The number of nitrogens with zero attached hydrogens (tertiary/aromatic N) is 1. The lowest BCUT2D eigenvalue weighted by molar-refractivity contribution is -0.150. The molecule has 1 aromatic rings. The van der Waals surface area contributed by atoms with Gasteiger partial charge in [-0.1, -0.05) is 36.8 Å². The van der Waals surface area contributed by atoms with Crippen molar-refractivity contribution in [3.8, 4) is 0 Å². The minimum atomic E-state index is -0.334. The third-order valence-electron chi connectivity index (χ3n) is 3.23. The molecule has 102 valence electrons. The van der Waals surface area contributed by atoms with E-state index in [0.717, 1.165) is 24.8 Å². The van der Waals surface area contributed by atoms with Gasteiger partial charge in [-0.05, 0) is 18.4 Å². The van der Waals surface area contributed by atoms with Crippen LogP contribution in [0.3, 0.4) is 0 Å². The van der Waals surface area contributed by atoms with E-state index in [0.29, 0.717) is 13.0 Å². The maximum atomic E-state index is 11.7. The monoisotopic (exact) mass is 261 g/mol. The van der Waals surface area contributed by atoms with E-state index in [2.05, 4.69) is 0 Å². The van der Waals surface area contributed by atoms with Crippen LogP contribution in [0.1, 0.15) is 31.2 Å². The first-order valence-electron chi connectivity index (χ1n) is 6.73. The summed E-state index contributed by atoms with van der Waals surface area (Å²) in [5, 5.41) is 0. The third kappa shape index (κ3) is 4.39. The lowest BCUT2D eigenvalue weighted by Gasteiger charge is -2.19. The van der Waals surface area contributed by atoms with Crippen LogP contribution in [0.4, 0.5) is 0 Å². The molecule has 4 heteroatoms. The van der Waals surface area contributed by atoms with E-state index in [1.807, 2.05) is 30.3 Å². The number of carbonyl (C=O) groups excluding carboxylic acids is 2. The predicted octanol–water partition coefficient (Wildman–Crippen LogP) is 2.13. The van der Waals surface area contributed by atoms with Gasteiger partial charge in [0.1, 0.15) is 13.2 Å². The van der Waals surface area contributed by atoms with Crippen molar-refractivity contribution in [3.63, 3.8) is 0 Å². The number of ether oxygens (including phenoxy) is 1. The Morgan fingerprint density at radius 3 is 2.74 bits per heavy atom. The molecule has 0 radical (unpaired) electrons. The molecule has 1 heterocycles. The van der Waals surface area contributed by atoms with Crippen LogP contribution >= 0.6 is 0 Å². The van der Waals surface area contributed by atoms with Crippen LogP contribution in [-0.4, -0.2) is 29.9 Å². The molecule has 0 saturated carbocycles. The molecule has 4 nitrogen and oxygen atoms in total. The molecular formula is C15H19NO3. The molecule has 1 aliphatic heterocycles. The summed E-state index contributed by atoms with van der Waals surface area (Å²) in [6, 6.07) is 9.54. The van der Waals surface area contributed by atoms with Gasteiger partial charge in [0, 0.05) is 13.0 Å². The molecule has 0 atom stereocenters. The van der Waals surface area contributed by atoms with Gasteiger partial charge in [0.05, 0.1) is 0 Å². The SMILES string of the molecule is O=C(CN1CCCCCC1=O)OCc1ccccc1. The third-order valence-corrected chi connectivity index (χ3v) is 3.23. The van der Waals surface area contributed by atoms with Crippen molar-refractivity contribution in [2.75, 3.05) is 13.1 Å². The van der Waals surface area contributed by atoms with Crippen molar-refractivity contribution in [3.05, 3.63) is 35.9 Å². The zero-order valence-electron chi connectivity index (χ0n) is 11.0. The van der Waals surface area contributed by atoms with E-state index >= 15 is 0 Å². The molecular weight excluding hydrogens is 242 g/mol. The molecule has 19 heavy (non-hydrogen) atoms. The highest BCUT2D eigenvalue weighted by atomic mass is 16.5. The van der Waals surface area contributed by atoms with Crippen LogP contribution in [-0.2, 0) is 20.9 Å². The van der Waals surface area contributed by atoms with Crippen LogP contribution in [0.25, 0.3) is 0 Å². The summed E-state index contributed by atoms with van der Waals surface area (Å²) >= 11 is 0. The number of hydrogen-bond acceptors (Lipinski definition) is 3. The molecule has 2 rings (SSSR count). The predicted molar refractivity (Wildman–Crippen MR) is 71.3 cm³/mol. The number of hydrogen-bond donors (Lipinski definition) is 0. The van der Waals surface area contributed by atoms with Crippen molar-refractivity contribution in [2.24, 2.45) is 0 Å². The average Bonchev–Trinajstić information content (AvgIpc) is 2.63. The van der Waals surface area contributed by atoms with E-state index in [4.69, 9.17) is 4.74 Å². The summed E-state index contributed by atoms with van der Waals surface area (Å²) in [4.78, 5) is 25.1. The van der Waals surface area contributed by atoms with Crippen molar-refractivity contribution >= 4 is 11.9 Å². The molecule has 0 bridgehead atoms. The zero-order valence-corrected chi connectivity index (χ0v) is 11.0. The van der Waals surface area contributed by atoms with Crippen LogP contribution in [0.15, 0.2) is 30.3 Å². The fraction of sp³-hybridized carbons (Fsp3) is 0.467. The fourth-order valence-corrected chi connectivity index (χ4v) is 2.15. The number of amides is 1. The lowest BCUT2D eigenvalue weighted by atomic mass is 10.2. The molecule has 0 aliphatic carbocycles. The smallest absolute Gasteiger partial charge is 0.325 e. The Morgan fingerprint density at radius 2 is 1.95 bits per heavy atom. The fourth-order valence-electron chi connectivity index (χ4n) is 2.15. The van der Waals surface area contributed by atoms with E-state index < -0.39 is 0 Å². The normalized spacial score (nSPS) is 16.0. The Hall–Kier alpha value is -1.84. The van der Waals surface area contributed by atoms with Gasteiger partial charge in [-0.25, -0.2) is 0 Å². The highest BCUT2D eigenvalue weighted by molar-refractivity contribution is 5.82. The van der Waals surface area contributed by atoms with Crippen LogP contribution in [0, 0.1) is 0 Å². The minimum absolute atomic E-state index is 0.0640. The van der Waals surface area contributed by atoms with Crippen molar-refractivity contribution in [1.82, 2.24) is 4.90 Å². The van der Waals surface area contributed by atoms with E-state index in [9.17, 15) is 9.59 Å². The summed E-state index contributed by atoms with van der Waals surface area (Å²) in [7, 11) is 0. The van der Waals surface area contributed by atoms with Gasteiger partial charge < -0.3 is 9.64 Å². The largest absolute Gasteiger partial charge is 0.459 e. The molecule has 0 N–H and O–H groups in total.